The van der Waals surface area contributed by atoms with Crippen LogP contribution in [0.25, 0.3) is 0 Å². The van der Waals surface area contributed by atoms with E-state index >= 15 is 0 Å². The Morgan fingerprint density at radius 2 is 2.06 bits per heavy atom. The molecule has 2 aromatic rings. The molecule has 1 aliphatic heterocycles. The number of benzene rings is 1. The van der Waals surface area contributed by atoms with Gasteiger partial charge in [-0.25, -0.2) is 9.67 Å². The summed E-state index contributed by atoms with van der Waals surface area (Å²) in [5, 5.41) is 14.1. The van der Waals surface area contributed by atoms with Crippen molar-refractivity contribution in [2.24, 2.45) is 0 Å². The van der Waals surface area contributed by atoms with Gasteiger partial charge in [-0.2, -0.15) is 0 Å². The average molecular weight is 280 g/mol. The highest BCUT2D eigenvalue weighted by Gasteiger charge is 2.33. The van der Waals surface area contributed by atoms with Crippen LogP contribution in [0.2, 0.25) is 0 Å². The second-order valence-corrected chi connectivity index (χ2v) is 4.57. The fourth-order valence-corrected chi connectivity index (χ4v) is 2.49. The Hall–Kier alpha value is -1.20. The van der Waals surface area contributed by atoms with Gasteiger partial charge in [-0.15, -0.1) is 5.10 Å². The SMILES string of the molecule is O[C@@H]1C[C@@H](c2ccccc2)n2nc(Br)nc21. The van der Waals surface area contributed by atoms with Crippen LogP contribution >= 0.6 is 15.9 Å². The van der Waals surface area contributed by atoms with E-state index in [1.54, 1.807) is 4.68 Å². The number of hydrogen-bond donors (Lipinski definition) is 1. The summed E-state index contributed by atoms with van der Waals surface area (Å²) in [5.41, 5.74) is 1.15. The van der Waals surface area contributed by atoms with Crippen LogP contribution in [0.3, 0.4) is 0 Å². The molecule has 0 unspecified atom stereocenters. The van der Waals surface area contributed by atoms with E-state index in [9.17, 15) is 5.11 Å². The Bertz CT molecular complexity index is 511. The maximum absolute atomic E-state index is 9.88. The molecule has 0 saturated carbocycles. The smallest absolute Gasteiger partial charge is 0.217 e. The fraction of sp³-hybridized carbons (Fsp3) is 0.273. The zero-order valence-corrected chi connectivity index (χ0v) is 10.0. The van der Waals surface area contributed by atoms with Crippen molar-refractivity contribution < 1.29 is 5.11 Å². The summed E-state index contributed by atoms with van der Waals surface area (Å²) in [6.45, 7) is 0. The van der Waals surface area contributed by atoms with E-state index < -0.39 is 6.10 Å². The van der Waals surface area contributed by atoms with E-state index in [-0.39, 0.29) is 6.04 Å². The molecule has 16 heavy (non-hydrogen) atoms. The van der Waals surface area contributed by atoms with Gasteiger partial charge < -0.3 is 5.11 Å². The van der Waals surface area contributed by atoms with E-state index in [0.29, 0.717) is 17.0 Å². The van der Waals surface area contributed by atoms with Crippen molar-refractivity contribution in [3.05, 3.63) is 46.5 Å². The third-order valence-corrected chi connectivity index (χ3v) is 3.19. The van der Waals surface area contributed by atoms with Crippen molar-refractivity contribution in [1.29, 1.82) is 0 Å². The first-order valence-electron chi connectivity index (χ1n) is 5.10. The maximum Gasteiger partial charge on any atom is 0.217 e. The largest absolute Gasteiger partial charge is 0.385 e. The Morgan fingerprint density at radius 1 is 1.31 bits per heavy atom. The third-order valence-electron chi connectivity index (χ3n) is 2.86. The number of aliphatic hydroxyl groups excluding tert-OH is 1. The number of nitrogens with zero attached hydrogens (tertiary/aromatic N) is 3. The maximum atomic E-state index is 9.88. The summed E-state index contributed by atoms with van der Waals surface area (Å²) in [7, 11) is 0. The highest BCUT2D eigenvalue weighted by Crippen LogP contribution is 2.37. The van der Waals surface area contributed by atoms with Crippen LogP contribution < -0.4 is 0 Å². The van der Waals surface area contributed by atoms with E-state index in [1.807, 2.05) is 30.3 Å². The summed E-state index contributed by atoms with van der Waals surface area (Å²) < 4.78 is 2.33. The molecule has 1 aromatic carbocycles. The van der Waals surface area contributed by atoms with Crippen molar-refractivity contribution in [1.82, 2.24) is 14.8 Å². The lowest BCUT2D eigenvalue weighted by Crippen LogP contribution is -2.07. The van der Waals surface area contributed by atoms with E-state index in [1.165, 1.54) is 0 Å². The quantitative estimate of drug-likeness (QED) is 0.870. The molecule has 0 amide bonds. The molecular formula is C11H10BrN3O. The molecule has 2 atom stereocenters. The average Bonchev–Trinajstić information content (AvgIpc) is 2.80. The number of aliphatic hydroxyl groups is 1. The van der Waals surface area contributed by atoms with E-state index in [2.05, 4.69) is 26.0 Å². The molecule has 1 aliphatic rings. The monoisotopic (exact) mass is 279 g/mol. The van der Waals surface area contributed by atoms with Gasteiger partial charge >= 0.3 is 0 Å². The zero-order valence-electron chi connectivity index (χ0n) is 8.42. The fourth-order valence-electron chi connectivity index (χ4n) is 2.13. The number of aromatic nitrogens is 3. The third kappa shape index (κ3) is 1.47. The molecule has 5 heteroatoms. The number of rotatable bonds is 1. The predicted octanol–water partition coefficient (Wildman–Crippen LogP) is 2.07. The first-order valence-corrected chi connectivity index (χ1v) is 5.90. The molecule has 4 nitrogen and oxygen atoms in total. The Kier molecular flexibility index (Phi) is 2.29. The molecule has 1 aromatic heterocycles. The van der Waals surface area contributed by atoms with Crippen LogP contribution in [-0.4, -0.2) is 19.9 Å². The van der Waals surface area contributed by atoms with Gasteiger partial charge in [0.25, 0.3) is 0 Å². The summed E-state index contributed by atoms with van der Waals surface area (Å²) in [5.74, 6) is 0.640. The van der Waals surface area contributed by atoms with Crippen molar-refractivity contribution in [3.8, 4) is 0 Å². The van der Waals surface area contributed by atoms with Crippen molar-refractivity contribution in [2.45, 2.75) is 18.6 Å². The van der Waals surface area contributed by atoms with Crippen LogP contribution in [-0.2, 0) is 0 Å². The topological polar surface area (TPSA) is 50.9 Å². The molecule has 2 heterocycles. The molecule has 0 aliphatic carbocycles. The normalized spacial score (nSPS) is 23.4. The minimum absolute atomic E-state index is 0.0880. The summed E-state index contributed by atoms with van der Waals surface area (Å²) in [4.78, 5) is 4.17. The first kappa shape index (κ1) is 9.99. The van der Waals surface area contributed by atoms with Gasteiger partial charge in [0.2, 0.25) is 4.73 Å². The molecule has 0 bridgehead atoms. The highest BCUT2D eigenvalue weighted by atomic mass is 79.9. The molecule has 0 radical (unpaired) electrons. The summed E-state index contributed by atoms with van der Waals surface area (Å²) >= 11 is 3.23. The molecule has 0 saturated heterocycles. The van der Waals surface area contributed by atoms with Gasteiger partial charge in [-0.1, -0.05) is 30.3 Å². The number of fused-ring (bicyclic) bond motifs is 1. The molecule has 0 fully saturated rings. The van der Waals surface area contributed by atoms with Crippen molar-refractivity contribution in [2.75, 3.05) is 0 Å². The lowest BCUT2D eigenvalue weighted by atomic mass is 10.0. The summed E-state index contributed by atoms with van der Waals surface area (Å²) in [6, 6.07) is 10.1. The van der Waals surface area contributed by atoms with Gasteiger partial charge in [0.05, 0.1) is 6.04 Å². The molecule has 3 rings (SSSR count). The van der Waals surface area contributed by atoms with Gasteiger partial charge in [-0.05, 0) is 21.5 Å². The van der Waals surface area contributed by atoms with Gasteiger partial charge in [0.1, 0.15) is 6.10 Å². The lowest BCUT2D eigenvalue weighted by molar-refractivity contribution is 0.172. The summed E-state index contributed by atoms with van der Waals surface area (Å²) in [6.07, 6.45) is 0.121. The van der Waals surface area contributed by atoms with Gasteiger partial charge in [-0.3, -0.25) is 0 Å². The Morgan fingerprint density at radius 3 is 2.81 bits per heavy atom. The van der Waals surface area contributed by atoms with E-state index in [0.717, 1.165) is 5.56 Å². The lowest BCUT2D eigenvalue weighted by Gasteiger charge is -2.11. The second kappa shape index (κ2) is 3.68. The Balaban J connectivity index is 2.06. The van der Waals surface area contributed by atoms with Crippen LogP contribution in [0.1, 0.15) is 30.0 Å². The molecule has 1 N–H and O–H groups in total. The number of halogens is 1. The predicted molar refractivity (Wildman–Crippen MR) is 61.9 cm³/mol. The highest BCUT2D eigenvalue weighted by molar-refractivity contribution is 9.10. The van der Waals surface area contributed by atoms with Crippen LogP contribution in [0.15, 0.2) is 35.1 Å². The van der Waals surface area contributed by atoms with Crippen molar-refractivity contribution in [3.63, 3.8) is 0 Å². The number of hydrogen-bond acceptors (Lipinski definition) is 3. The van der Waals surface area contributed by atoms with Crippen molar-refractivity contribution >= 4 is 15.9 Å². The minimum Gasteiger partial charge on any atom is -0.385 e. The van der Waals surface area contributed by atoms with Crippen LogP contribution in [0, 0.1) is 0 Å². The van der Waals surface area contributed by atoms with Gasteiger partial charge in [0.15, 0.2) is 5.82 Å². The minimum atomic E-state index is -0.524. The molecular weight excluding hydrogens is 270 g/mol. The van der Waals surface area contributed by atoms with Crippen LogP contribution in [0.4, 0.5) is 0 Å². The van der Waals surface area contributed by atoms with Crippen LogP contribution in [0.5, 0.6) is 0 Å². The standard InChI is InChI=1S/C11H10BrN3O/c12-11-13-10-9(16)6-8(15(10)14-11)7-4-2-1-3-5-7/h1-5,8-9,16H,6H2/t8-,9+/m0/s1. The Labute approximate surface area is 101 Å². The van der Waals surface area contributed by atoms with E-state index in [4.69, 9.17) is 0 Å². The van der Waals surface area contributed by atoms with Gasteiger partial charge in [0, 0.05) is 6.42 Å². The molecule has 0 spiro atoms. The zero-order chi connectivity index (χ0) is 11.1. The molecule has 82 valence electrons. The second-order valence-electron chi connectivity index (χ2n) is 3.86. The first-order chi connectivity index (χ1) is 7.75.